The number of imide groups is 1. The topological polar surface area (TPSA) is 84.0 Å². The fourth-order valence-electron chi connectivity index (χ4n) is 3.71. The summed E-state index contributed by atoms with van der Waals surface area (Å²) < 4.78 is 33.6. The maximum Gasteiger partial charge on any atom is 0.253 e. The Balaban J connectivity index is 1.68. The minimum absolute atomic E-state index is 0.0612. The number of carbonyl (C=O) groups is 2. The molecule has 9 heteroatoms. The van der Waals surface area contributed by atoms with E-state index in [2.05, 4.69) is 0 Å². The molecule has 0 N–H and O–H groups in total. The second-order valence-corrected chi connectivity index (χ2v) is 10.3. The number of nitrogens with zero attached hydrogens (tertiary/aromatic N) is 2. The number of hydrogen-bond donors (Lipinski definition) is 0. The highest BCUT2D eigenvalue weighted by Gasteiger charge is 2.48. The Labute approximate surface area is 173 Å². The summed E-state index contributed by atoms with van der Waals surface area (Å²) >= 11 is 1.10. The van der Waals surface area contributed by atoms with Crippen molar-refractivity contribution in [2.24, 2.45) is 0 Å². The molecule has 0 aliphatic carbocycles. The van der Waals surface area contributed by atoms with Crippen LogP contribution in [0.25, 0.3) is 0 Å². The molecule has 0 bridgehead atoms. The molecule has 2 aliphatic rings. The minimum Gasteiger partial charge on any atom is -0.377 e. The summed E-state index contributed by atoms with van der Waals surface area (Å²) in [5.74, 6) is -0.917. The van der Waals surface area contributed by atoms with Gasteiger partial charge in [0.25, 0.3) is 15.9 Å². The maximum atomic E-state index is 13.3. The number of amides is 2. The molecular formula is C20H22N2O5S2. The van der Waals surface area contributed by atoms with Crippen molar-refractivity contribution in [1.82, 2.24) is 4.31 Å². The number of thiophene rings is 1. The van der Waals surface area contributed by atoms with Gasteiger partial charge in [-0.05, 0) is 43.3 Å². The van der Waals surface area contributed by atoms with E-state index in [9.17, 15) is 18.0 Å². The summed E-state index contributed by atoms with van der Waals surface area (Å²) in [5.41, 5.74) is 1.46. The molecule has 2 atom stereocenters. The van der Waals surface area contributed by atoms with Crippen LogP contribution in [0.2, 0.25) is 0 Å². The summed E-state index contributed by atoms with van der Waals surface area (Å²) in [5, 5.41) is 1.68. The first-order chi connectivity index (χ1) is 13.9. The molecule has 2 fully saturated rings. The van der Waals surface area contributed by atoms with Crippen molar-refractivity contribution in [2.45, 2.75) is 42.5 Å². The molecule has 3 heterocycles. The minimum atomic E-state index is -3.93. The van der Waals surface area contributed by atoms with Crippen LogP contribution in [0.4, 0.5) is 5.69 Å². The molecule has 0 radical (unpaired) electrons. The first kappa shape index (κ1) is 20.2. The quantitative estimate of drug-likeness (QED) is 0.653. The Morgan fingerprint density at radius 2 is 1.97 bits per heavy atom. The van der Waals surface area contributed by atoms with Gasteiger partial charge < -0.3 is 4.74 Å². The standard InChI is InChI=1S/C20H22N2O5S2/c1-14-6-8-15(9-7-14)22-18(23)12-17(20(22)24)21(13-16-4-2-10-27-16)29(25,26)19-5-3-11-28-19/h3,5-9,11,16-17H,2,4,10,12-13H2,1H3. The molecule has 2 unspecified atom stereocenters. The lowest BCUT2D eigenvalue weighted by atomic mass is 10.2. The van der Waals surface area contributed by atoms with Gasteiger partial charge in [0.2, 0.25) is 5.91 Å². The molecule has 29 heavy (non-hydrogen) atoms. The van der Waals surface area contributed by atoms with Gasteiger partial charge >= 0.3 is 0 Å². The second-order valence-electron chi connectivity index (χ2n) is 7.26. The van der Waals surface area contributed by atoms with Crippen LogP contribution in [0.1, 0.15) is 24.8 Å². The van der Waals surface area contributed by atoms with Gasteiger partial charge in [0.05, 0.1) is 18.2 Å². The van der Waals surface area contributed by atoms with Crippen molar-refractivity contribution in [3.63, 3.8) is 0 Å². The molecular weight excluding hydrogens is 412 g/mol. The average Bonchev–Trinajstić information content (AvgIpc) is 3.43. The SMILES string of the molecule is Cc1ccc(N2C(=O)CC(N(CC3CCCO3)S(=O)(=O)c3cccs3)C2=O)cc1. The van der Waals surface area contributed by atoms with E-state index < -0.39 is 27.9 Å². The molecule has 2 amide bonds. The first-order valence-corrected chi connectivity index (χ1v) is 11.8. The van der Waals surface area contributed by atoms with Crippen molar-refractivity contribution in [2.75, 3.05) is 18.1 Å². The normalized spacial score (nSPS) is 22.8. The maximum absolute atomic E-state index is 13.3. The molecule has 1 aromatic heterocycles. The smallest absolute Gasteiger partial charge is 0.253 e. The predicted octanol–water partition coefficient (Wildman–Crippen LogP) is 2.56. The van der Waals surface area contributed by atoms with E-state index in [1.807, 2.05) is 19.1 Å². The molecule has 0 saturated carbocycles. The fraction of sp³-hybridized carbons (Fsp3) is 0.400. The van der Waals surface area contributed by atoms with Crippen LogP contribution in [0.15, 0.2) is 46.0 Å². The Bertz CT molecular complexity index is 996. The second kappa shape index (κ2) is 7.98. The summed E-state index contributed by atoms with van der Waals surface area (Å²) in [4.78, 5) is 27.0. The summed E-state index contributed by atoms with van der Waals surface area (Å²) in [7, 11) is -3.93. The van der Waals surface area contributed by atoms with Gasteiger partial charge in [-0.1, -0.05) is 23.8 Å². The van der Waals surface area contributed by atoms with Gasteiger partial charge in [-0.2, -0.15) is 4.31 Å². The van der Waals surface area contributed by atoms with E-state index in [0.29, 0.717) is 12.3 Å². The largest absolute Gasteiger partial charge is 0.377 e. The lowest BCUT2D eigenvalue weighted by molar-refractivity contribution is -0.122. The Morgan fingerprint density at radius 3 is 2.59 bits per heavy atom. The van der Waals surface area contributed by atoms with Crippen molar-refractivity contribution < 1.29 is 22.7 Å². The van der Waals surface area contributed by atoms with Crippen molar-refractivity contribution in [3.05, 3.63) is 47.3 Å². The number of aryl methyl sites for hydroxylation is 1. The number of sulfonamides is 1. The molecule has 1 aromatic carbocycles. The summed E-state index contributed by atoms with van der Waals surface area (Å²) in [6.07, 6.45) is 1.13. The molecule has 154 valence electrons. The number of anilines is 1. The number of hydrogen-bond acceptors (Lipinski definition) is 6. The molecule has 2 aromatic rings. The van der Waals surface area contributed by atoms with Gasteiger partial charge in [-0.15, -0.1) is 11.3 Å². The average molecular weight is 435 g/mol. The number of rotatable bonds is 6. The summed E-state index contributed by atoms with van der Waals surface area (Å²) in [6.45, 7) is 2.55. The van der Waals surface area contributed by atoms with Crippen LogP contribution in [-0.4, -0.2) is 49.8 Å². The Kier molecular flexibility index (Phi) is 5.56. The Morgan fingerprint density at radius 1 is 1.21 bits per heavy atom. The number of ether oxygens (including phenoxy) is 1. The van der Waals surface area contributed by atoms with E-state index >= 15 is 0 Å². The van der Waals surface area contributed by atoms with Crippen LogP contribution < -0.4 is 4.90 Å². The first-order valence-electron chi connectivity index (χ1n) is 9.48. The highest BCUT2D eigenvalue weighted by Crippen LogP contribution is 2.32. The lowest BCUT2D eigenvalue weighted by Crippen LogP contribution is -2.48. The predicted molar refractivity (Wildman–Crippen MR) is 109 cm³/mol. The van der Waals surface area contributed by atoms with E-state index in [-0.39, 0.29) is 23.3 Å². The lowest BCUT2D eigenvalue weighted by Gasteiger charge is -2.28. The number of benzene rings is 1. The van der Waals surface area contributed by atoms with Crippen LogP contribution in [-0.2, 0) is 24.3 Å². The van der Waals surface area contributed by atoms with E-state index in [1.165, 1.54) is 10.4 Å². The van der Waals surface area contributed by atoms with E-state index in [4.69, 9.17) is 4.74 Å². The fourth-order valence-corrected chi connectivity index (χ4v) is 6.45. The van der Waals surface area contributed by atoms with Gasteiger partial charge in [-0.25, -0.2) is 13.3 Å². The van der Waals surface area contributed by atoms with Gasteiger partial charge in [0.1, 0.15) is 10.3 Å². The third-order valence-electron chi connectivity index (χ3n) is 5.23. The summed E-state index contributed by atoms with van der Waals surface area (Å²) in [6, 6.07) is 9.13. The van der Waals surface area contributed by atoms with Crippen LogP contribution in [0.5, 0.6) is 0 Å². The molecule has 2 saturated heterocycles. The third kappa shape index (κ3) is 3.87. The van der Waals surface area contributed by atoms with Crippen LogP contribution >= 0.6 is 11.3 Å². The van der Waals surface area contributed by atoms with Crippen molar-refractivity contribution >= 4 is 38.9 Å². The number of carbonyl (C=O) groups excluding carboxylic acids is 2. The highest BCUT2D eigenvalue weighted by atomic mass is 32.2. The molecule has 2 aliphatic heterocycles. The van der Waals surface area contributed by atoms with Gasteiger partial charge in [0.15, 0.2) is 0 Å². The van der Waals surface area contributed by atoms with E-state index in [1.54, 1.807) is 23.6 Å². The van der Waals surface area contributed by atoms with Gasteiger partial charge in [-0.3, -0.25) is 9.59 Å². The Hall–Kier alpha value is -2.07. The highest BCUT2D eigenvalue weighted by molar-refractivity contribution is 7.91. The van der Waals surface area contributed by atoms with Crippen molar-refractivity contribution in [1.29, 1.82) is 0 Å². The molecule has 4 rings (SSSR count). The zero-order valence-electron chi connectivity index (χ0n) is 16.0. The monoisotopic (exact) mass is 434 g/mol. The van der Waals surface area contributed by atoms with Crippen LogP contribution in [0, 0.1) is 6.92 Å². The van der Waals surface area contributed by atoms with Gasteiger partial charge in [0, 0.05) is 13.2 Å². The zero-order valence-corrected chi connectivity index (χ0v) is 17.6. The van der Waals surface area contributed by atoms with E-state index in [0.717, 1.165) is 34.6 Å². The van der Waals surface area contributed by atoms with Crippen molar-refractivity contribution in [3.8, 4) is 0 Å². The third-order valence-corrected chi connectivity index (χ3v) is 8.48. The van der Waals surface area contributed by atoms with Crippen LogP contribution in [0.3, 0.4) is 0 Å². The molecule has 7 nitrogen and oxygen atoms in total. The molecule has 0 spiro atoms. The zero-order chi connectivity index (χ0) is 20.6.